The molecule has 0 saturated carbocycles. The smallest absolute Gasteiger partial charge is 0.123 e. The summed E-state index contributed by atoms with van der Waals surface area (Å²) in [4.78, 5) is 4.76. The average molecular weight is 260 g/mol. The Labute approximate surface area is 116 Å². The van der Waals surface area contributed by atoms with E-state index in [0.717, 1.165) is 51.2 Å². The minimum absolute atomic E-state index is 0.405. The quantitative estimate of drug-likeness (QED) is 0.810. The van der Waals surface area contributed by atoms with E-state index in [-0.39, 0.29) is 0 Å². The third-order valence-electron chi connectivity index (χ3n) is 4.37. The lowest BCUT2D eigenvalue weighted by Crippen LogP contribution is -2.36. The Kier molecular flexibility index (Phi) is 3.76. The van der Waals surface area contributed by atoms with Crippen molar-refractivity contribution in [3.8, 4) is 5.75 Å². The summed E-state index contributed by atoms with van der Waals surface area (Å²) in [5.74, 6) is 1.14. The molecule has 0 unspecified atom stereocenters. The predicted molar refractivity (Wildman–Crippen MR) is 77.6 cm³/mol. The van der Waals surface area contributed by atoms with Gasteiger partial charge in [0.1, 0.15) is 11.9 Å². The van der Waals surface area contributed by atoms with E-state index in [2.05, 4.69) is 42.1 Å². The molecule has 19 heavy (non-hydrogen) atoms. The molecule has 0 bridgehead atoms. The van der Waals surface area contributed by atoms with Crippen molar-refractivity contribution in [3.05, 3.63) is 29.3 Å². The molecule has 0 spiro atoms. The molecule has 2 aliphatic rings. The molecular weight excluding hydrogens is 236 g/mol. The van der Waals surface area contributed by atoms with Crippen LogP contribution < -0.4 is 4.74 Å². The first-order chi connectivity index (χ1) is 9.22. The Balaban J connectivity index is 1.73. The maximum atomic E-state index is 6.29. The van der Waals surface area contributed by atoms with Gasteiger partial charge in [0.2, 0.25) is 0 Å². The highest BCUT2D eigenvalue weighted by Gasteiger charge is 2.21. The van der Waals surface area contributed by atoms with Gasteiger partial charge in [0, 0.05) is 26.2 Å². The van der Waals surface area contributed by atoms with Gasteiger partial charge in [0.25, 0.3) is 0 Å². The molecule has 0 atom stereocenters. The van der Waals surface area contributed by atoms with E-state index in [1.807, 2.05) is 0 Å². The number of rotatable bonds is 2. The maximum Gasteiger partial charge on any atom is 0.123 e. The number of hydrogen-bond acceptors (Lipinski definition) is 3. The molecule has 0 radical (unpaired) electrons. The monoisotopic (exact) mass is 260 g/mol. The standard InChI is InChI=1S/C16H24N2O/c1-17-9-6-14(7-10-17)19-16-5-3-4-13-12-18(2)11-8-15(13)16/h3-5,14H,6-12H2,1-2H3. The summed E-state index contributed by atoms with van der Waals surface area (Å²) in [6.45, 7) is 4.51. The van der Waals surface area contributed by atoms with Crippen LogP contribution in [0.3, 0.4) is 0 Å². The van der Waals surface area contributed by atoms with Crippen LogP contribution in [-0.2, 0) is 13.0 Å². The van der Waals surface area contributed by atoms with Gasteiger partial charge in [0.15, 0.2) is 0 Å². The number of likely N-dealkylation sites (N-methyl/N-ethyl adjacent to an activating group) is 1. The lowest BCUT2D eigenvalue weighted by molar-refractivity contribution is 0.112. The van der Waals surface area contributed by atoms with E-state index in [1.165, 1.54) is 11.1 Å². The molecule has 104 valence electrons. The minimum Gasteiger partial charge on any atom is -0.490 e. The highest BCUT2D eigenvalue weighted by Crippen LogP contribution is 2.29. The van der Waals surface area contributed by atoms with E-state index < -0.39 is 0 Å². The first-order valence-corrected chi connectivity index (χ1v) is 7.37. The summed E-state index contributed by atoms with van der Waals surface area (Å²) in [6, 6.07) is 6.54. The molecular formula is C16H24N2O. The van der Waals surface area contributed by atoms with Crippen LogP contribution in [0.15, 0.2) is 18.2 Å². The zero-order valence-corrected chi connectivity index (χ0v) is 12.1. The van der Waals surface area contributed by atoms with E-state index in [0.29, 0.717) is 6.10 Å². The maximum absolute atomic E-state index is 6.29. The fourth-order valence-electron chi connectivity index (χ4n) is 3.11. The fraction of sp³-hybridized carbons (Fsp3) is 0.625. The van der Waals surface area contributed by atoms with Gasteiger partial charge in [-0.25, -0.2) is 0 Å². The average Bonchev–Trinajstić information content (AvgIpc) is 2.41. The number of nitrogens with zero attached hydrogens (tertiary/aromatic N) is 2. The Morgan fingerprint density at radius 3 is 2.63 bits per heavy atom. The van der Waals surface area contributed by atoms with Crippen molar-refractivity contribution >= 4 is 0 Å². The van der Waals surface area contributed by atoms with Crippen molar-refractivity contribution < 1.29 is 4.74 Å². The van der Waals surface area contributed by atoms with Crippen LogP contribution >= 0.6 is 0 Å². The van der Waals surface area contributed by atoms with Crippen LogP contribution in [0.4, 0.5) is 0 Å². The normalized spacial score (nSPS) is 22.2. The second-order valence-corrected chi connectivity index (χ2v) is 6.00. The van der Waals surface area contributed by atoms with E-state index in [1.54, 1.807) is 0 Å². The zero-order chi connectivity index (χ0) is 13.2. The molecule has 1 aromatic carbocycles. The van der Waals surface area contributed by atoms with Crippen LogP contribution in [0.1, 0.15) is 24.0 Å². The Bertz CT molecular complexity index is 438. The molecule has 3 rings (SSSR count). The van der Waals surface area contributed by atoms with Crippen molar-refractivity contribution in [2.24, 2.45) is 0 Å². The largest absolute Gasteiger partial charge is 0.490 e. The molecule has 3 heteroatoms. The number of benzene rings is 1. The molecule has 0 aromatic heterocycles. The van der Waals surface area contributed by atoms with Gasteiger partial charge in [0.05, 0.1) is 0 Å². The summed E-state index contributed by atoms with van der Waals surface area (Å²) < 4.78 is 6.29. The van der Waals surface area contributed by atoms with Crippen LogP contribution in [0, 0.1) is 0 Å². The van der Waals surface area contributed by atoms with E-state index in [4.69, 9.17) is 4.74 Å². The lowest BCUT2D eigenvalue weighted by atomic mass is 9.99. The van der Waals surface area contributed by atoms with Crippen LogP contribution in [0.25, 0.3) is 0 Å². The van der Waals surface area contributed by atoms with Crippen LogP contribution in [-0.4, -0.2) is 49.6 Å². The minimum atomic E-state index is 0.405. The van der Waals surface area contributed by atoms with Gasteiger partial charge in [-0.05, 0) is 50.6 Å². The molecule has 1 aromatic rings. The van der Waals surface area contributed by atoms with Gasteiger partial charge in [-0.3, -0.25) is 0 Å². The molecule has 0 amide bonds. The number of fused-ring (bicyclic) bond motifs is 1. The van der Waals surface area contributed by atoms with Crippen molar-refractivity contribution in [3.63, 3.8) is 0 Å². The fourth-order valence-corrected chi connectivity index (χ4v) is 3.11. The van der Waals surface area contributed by atoms with Crippen molar-refractivity contribution in [2.45, 2.75) is 31.9 Å². The highest BCUT2D eigenvalue weighted by molar-refractivity contribution is 5.41. The number of piperidine rings is 1. The summed E-state index contributed by atoms with van der Waals surface area (Å²) in [7, 11) is 4.38. The van der Waals surface area contributed by atoms with Crippen molar-refractivity contribution in [1.82, 2.24) is 9.80 Å². The second kappa shape index (κ2) is 5.51. The first kappa shape index (κ1) is 12.9. The van der Waals surface area contributed by atoms with Crippen LogP contribution in [0.2, 0.25) is 0 Å². The van der Waals surface area contributed by atoms with E-state index >= 15 is 0 Å². The van der Waals surface area contributed by atoms with Crippen molar-refractivity contribution in [1.29, 1.82) is 0 Å². The van der Waals surface area contributed by atoms with Crippen molar-refractivity contribution in [2.75, 3.05) is 33.7 Å². The summed E-state index contributed by atoms with van der Waals surface area (Å²) in [5.41, 5.74) is 2.89. The van der Waals surface area contributed by atoms with Crippen LogP contribution in [0.5, 0.6) is 5.75 Å². The molecule has 0 N–H and O–H groups in total. The second-order valence-electron chi connectivity index (χ2n) is 6.00. The molecule has 0 aliphatic carbocycles. The molecule has 2 heterocycles. The SMILES string of the molecule is CN1CCC(Oc2cccc3c2CCN(C)C3)CC1. The zero-order valence-electron chi connectivity index (χ0n) is 12.1. The summed E-state index contributed by atoms with van der Waals surface area (Å²) >= 11 is 0. The number of ether oxygens (including phenoxy) is 1. The summed E-state index contributed by atoms with van der Waals surface area (Å²) in [5, 5.41) is 0. The van der Waals surface area contributed by atoms with Gasteiger partial charge in [-0.15, -0.1) is 0 Å². The third kappa shape index (κ3) is 2.93. The Morgan fingerprint density at radius 1 is 1.05 bits per heavy atom. The Hall–Kier alpha value is -1.06. The molecule has 3 nitrogen and oxygen atoms in total. The topological polar surface area (TPSA) is 15.7 Å². The lowest BCUT2D eigenvalue weighted by Gasteiger charge is -2.32. The van der Waals surface area contributed by atoms with Gasteiger partial charge >= 0.3 is 0 Å². The molecule has 1 saturated heterocycles. The Morgan fingerprint density at radius 2 is 1.84 bits per heavy atom. The van der Waals surface area contributed by atoms with Gasteiger partial charge < -0.3 is 14.5 Å². The molecule has 1 fully saturated rings. The van der Waals surface area contributed by atoms with Gasteiger partial charge in [-0.2, -0.15) is 0 Å². The first-order valence-electron chi connectivity index (χ1n) is 7.37. The third-order valence-corrected chi connectivity index (χ3v) is 4.37. The molecule has 2 aliphatic heterocycles. The van der Waals surface area contributed by atoms with Gasteiger partial charge in [-0.1, -0.05) is 12.1 Å². The summed E-state index contributed by atoms with van der Waals surface area (Å²) in [6.07, 6.45) is 3.83. The van der Waals surface area contributed by atoms with E-state index in [9.17, 15) is 0 Å². The predicted octanol–water partition coefficient (Wildman–Crippen LogP) is 2.15. The number of hydrogen-bond donors (Lipinski definition) is 0. The number of likely N-dealkylation sites (tertiary alicyclic amines) is 1. The highest BCUT2D eigenvalue weighted by atomic mass is 16.5.